The molecule has 0 aliphatic heterocycles. The van der Waals surface area contributed by atoms with Crippen LogP contribution in [0, 0.1) is 0 Å². The molecule has 0 unspecified atom stereocenters. The maximum Gasteiger partial charge on any atom is 0.321 e. The van der Waals surface area contributed by atoms with Crippen molar-refractivity contribution in [2.45, 2.75) is 26.7 Å². The minimum absolute atomic E-state index is 0.171. The number of rotatable bonds is 10. The van der Waals surface area contributed by atoms with Crippen molar-refractivity contribution in [3.63, 3.8) is 0 Å². The summed E-state index contributed by atoms with van der Waals surface area (Å²) in [5, 5.41) is 3.38. The van der Waals surface area contributed by atoms with E-state index in [1.165, 1.54) is 7.11 Å². The molecule has 0 heterocycles. The van der Waals surface area contributed by atoms with Crippen LogP contribution in [0.2, 0.25) is 5.02 Å². The third-order valence-electron chi connectivity index (χ3n) is 3.97. The molecule has 1 N–H and O–H groups in total. The molecule has 0 bridgehead atoms. The Labute approximate surface area is 155 Å². The van der Waals surface area contributed by atoms with Crippen molar-refractivity contribution in [1.29, 1.82) is 0 Å². The van der Waals surface area contributed by atoms with Gasteiger partial charge >= 0.3 is 12.0 Å². The first kappa shape index (κ1) is 21.3. The molecule has 25 heavy (non-hydrogen) atoms. The fourth-order valence-electron chi connectivity index (χ4n) is 2.44. The minimum atomic E-state index is -0.329. The summed E-state index contributed by atoms with van der Waals surface area (Å²) in [7, 11) is 1.35. The molecule has 1 aromatic carbocycles. The number of urea groups is 1. The topological polar surface area (TPSA) is 61.9 Å². The van der Waals surface area contributed by atoms with Crippen LogP contribution in [0.3, 0.4) is 0 Å². The van der Waals surface area contributed by atoms with E-state index in [0.29, 0.717) is 23.8 Å². The van der Waals surface area contributed by atoms with Crippen LogP contribution in [0.4, 0.5) is 10.5 Å². The predicted molar refractivity (Wildman–Crippen MR) is 101 cm³/mol. The van der Waals surface area contributed by atoms with Gasteiger partial charge in [-0.2, -0.15) is 0 Å². The summed E-state index contributed by atoms with van der Waals surface area (Å²) in [4.78, 5) is 27.9. The predicted octanol–water partition coefficient (Wildman–Crippen LogP) is 3.47. The molecule has 140 valence electrons. The molecular weight excluding hydrogens is 342 g/mol. The number of esters is 1. The summed E-state index contributed by atoms with van der Waals surface area (Å²) in [5.41, 5.74) is 0.629. The lowest BCUT2D eigenvalue weighted by molar-refractivity contribution is -0.140. The molecule has 0 saturated heterocycles. The van der Waals surface area contributed by atoms with Crippen molar-refractivity contribution >= 4 is 29.3 Å². The molecular formula is C18H28ClN3O3. The van der Waals surface area contributed by atoms with Gasteiger partial charge in [-0.3, -0.25) is 4.79 Å². The summed E-state index contributed by atoms with van der Waals surface area (Å²) in [6.45, 7) is 7.98. The number of anilines is 1. The average Bonchev–Trinajstić information content (AvgIpc) is 2.60. The van der Waals surface area contributed by atoms with Crippen LogP contribution in [0.15, 0.2) is 24.3 Å². The van der Waals surface area contributed by atoms with Gasteiger partial charge in [-0.05, 0) is 44.3 Å². The molecule has 1 rings (SSSR count). The minimum Gasteiger partial charge on any atom is -0.469 e. The van der Waals surface area contributed by atoms with E-state index in [1.807, 2.05) is 0 Å². The molecule has 0 aromatic heterocycles. The number of benzene rings is 1. The van der Waals surface area contributed by atoms with Crippen LogP contribution in [-0.4, -0.2) is 61.6 Å². The summed E-state index contributed by atoms with van der Waals surface area (Å²) in [5.74, 6) is -0.329. The highest BCUT2D eigenvalue weighted by molar-refractivity contribution is 6.30. The molecule has 0 aliphatic carbocycles. The van der Waals surface area contributed by atoms with E-state index >= 15 is 0 Å². The van der Waals surface area contributed by atoms with E-state index in [-0.39, 0.29) is 18.4 Å². The molecule has 0 saturated carbocycles. The van der Waals surface area contributed by atoms with Gasteiger partial charge in [-0.25, -0.2) is 4.79 Å². The maximum atomic E-state index is 12.5. The lowest BCUT2D eigenvalue weighted by Crippen LogP contribution is -2.38. The number of nitrogens with zero attached hydrogens (tertiary/aromatic N) is 2. The first-order chi connectivity index (χ1) is 12.0. The Morgan fingerprint density at radius 2 is 1.88 bits per heavy atom. The van der Waals surface area contributed by atoms with Crippen LogP contribution in [-0.2, 0) is 9.53 Å². The molecule has 0 fully saturated rings. The monoisotopic (exact) mass is 369 g/mol. The molecule has 7 heteroatoms. The Kier molecular flexibility index (Phi) is 9.96. The van der Waals surface area contributed by atoms with Gasteiger partial charge in [0, 0.05) is 23.8 Å². The smallest absolute Gasteiger partial charge is 0.321 e. The van der Waals surface area contributed by atoms with Crippen molar-refractivity contribution in [2.24, 2.45) is 0 Å². The Morgan fingerprint density at radius 1 is 1.16 bits per heavy atom. The van der Waals surface area contributed by atoms with Gasteiger partial charge in [-0.1, -0.05) is 31.5 Å². The number of carbonyl (C=O) groups is 2. The highest BCUT2D eigenvalue weighted by Crippen LogP contribution is 2.15. The normalized spacial score (nSPS) is 10.6. The Balaban J connectivity index is 2.64. The number of halogens is 1. The standard InChI is InChI=1S/C18H28ClN3O3/c1-4-21(5-2)11-7-12-22(13-10-17(23)25-3)18(24)20-16-9-6-8-15(19)14-16/h6,8-9,14H,4-5,7,10-13H2,1-3H3,(H,20,24). The zero-order valence-electron chi connectivity index (χ0n) is 15.3. The highest BCUT2D eigenvalue weighted by Gasteiger charge is 2.16. The largest absolute Gasteiger partial charge is 0.469 e. The van der Waals surface area contributed by atoms with E-state index in [0.717, 1.165) is 26.1 Å². The van der Waals surface area contributed by atoms with Crippen LogP contribution in [0.1, 0.15) is 26.7 Å². The van der Waals surface area contributed by atoms with Crippen molar-refractivity contribution in [1.82, 2.24) is 9.80 Å². The zero-order valence-corrected chi connectivity index (χ0v) is 16.0. The van der Waals surface area contributed by atoms with Gasteiger partial charge in [0.2, 0.25) is 0 Å². The molecule has 6 nitrogen and oxygen atoms in total. The number of amides is 2. The van der Waals surface area contributed by atoms with Crippen molar-refractivity contribution in [3.8, 4) is 0 Å². The van der Waals surface area contributed by atoms with E-state index in [1.54, 1.807) is 29.2 Å². The van der Waals surface area contributed by atoms with E-state index in [2.05, 4.69) is 28.8 Å². The summed E-state index contributed by atoms with van der Waals surface area (Å²) in [6.07, 6.45) is 1.01. The lowest BCUT2D eigenvalue weighted by atomic mass is 10.3. The van der Waals surface area contributed by atoms with E-state index < -0.39 is 0 Å². The van der Waals surface area contributed by atoms with Gasteiger partial charge in [0.05, 0.1) is 13.5 Å². The highest BCUT2D eigenvalue weighted by atomic mass is 35.5. The van der Waals surface area contributed by atoms with Crippen LogP contribution >= 0.6 is 11.6 Å². The maximum absolute atomic E-state index is 12.5. The lowest BCUT2D eigenvalue weighted by Gasteiger charge is -2.25. The molecule has 1 aromatic rings. The Bertz CT molecular complexity index is 550. The second-order valence-electron chi connectivity index (χ2n) is 5.63. The summed E-state index contributed by atoms with van der Waals surface area (Å²) in [6, 6.07) is 6.74. The number of hydrogen-bond donors (Lipinski definition) is 1. The zero-order chi connectivity index (χ0) is 18.7. The van der Waals surface area contributed by atoms with Gasteiger partial charge in [0.1, 0.15) is 0 Å². The van der Waals surface area contributed by atoms with Crippen LogP contribution in [0.25, 0.3) is 0 Å². The van der Waals surface area contributed by atoms with Gasteiger partial charge in [0.25, 0.3) is 0 Å². The first-order valence-electron chi connectivity index (χ1n) is 8.60. The van der Waals surface area contributed by atoms with Crippen molar-refractivity contribution < 1.29 is 14.3 Å². The Morgan fingerprint density at radius 3 is 2.48 bits per heavy atom. The van der Waals surface area contributed by atoms with E-state index in [4.69, 9.17) is 11.6 Å². The molecule has 0 spiro atoms. The number of ether oxygens (including phenoxy) is 1. The second-order valence-corrected chi connectivity index (χ2v) is 6.07. The van der Waals surface area contributed by atoms with Crippen molar-refractivity contribution in [2.75, 3.05) is 45.2 Å². The van der Waals surface area contributed by atoms with Crippen LogP contribution in [0.5, 0.6) is 0 Å². The van der Waals surface area contributed by atoms with Crippen molar-refractivity contribution in [3.05, 3.63) is 29.3 Å². The molecule has 2 amide bonds. The molecule has 0 atom stereocenters. The third kappa shape index (κ3) is 8.23. The fraction of sp³-hybridized carbons (Fsp3) is 0.556. The van der Waals surface area contributed by atoms with Gasteiger partial charge < -0.3 is 19.9 Å². The summed E-state index contributed by atoms with van der Waals surface area (Å²) >= 11 is 5.95. The SMILES string of the molecule is CCN(CC)CCCN(CCC(=O)OC)C(=O)Nc1cccc(Cl)c1. The van der Waals surface area contributed by atoms with E-state index in [9.17, 15) is 9.59 Å². The van der Waals surface area contributed by atoms with Crippen LogP contribution < -0.4 is 5.32 Å². The number of carbonyl (C=O) groups excluding carboxylic acids is 2. The third-order valence-corrected chi connectivity index (χ3v) is 4.21. The number of methoxy groups -OCH3 is 1. The number of hydrogen-bond acceptors (Lipinski definition) is 4. The average molecular weight is 370 g/mol. The fourth-order valence-corrected chi connectivity index (χ4v) is 2.63. The Hall–Kier alpha value is -1.79. The molecule has 0 aliphatic rings. The quantitative estimate of drug-likeness (QED) is 0.641. The van der Waals surface area contributed by atoms with Gasteiger partial charge in [0.15, 0.2) is 0 Å². The first-order valence-corrected chi connectivity index (χ1v) is 8.98. The summed E-state index contributed by atoms with van der Waals surface area (Å²) < 4.78 is 4.67. The molecule has 0 radical (unpaired) electrons. The second kappa shape index (κ2) is 11.7. The number of nitrogens with one attached hydrogen (secondary N) is 1. The van der Waals surface area contributed by atoms with Gasteiger partial charge in [-0.15, -0.1) is 0 Å².